The van der Waals surface area contributed by atoms with Crippen molar-refractivity contribution in [3.8, 4) is 5.88 Å². The largest absolute Gasteiger partial charge is 0.479 e. The number of aryl methyl sites for hydroxylation is 1. The Kier molecular flexibility index (Phi) is 8.15. The summed E-state index contributed by atoms with van der Waals surface area (Å²) in [6.45, 7) is 4.76. The summed E-state index contributed by atoms with van der Waals surface area (Å²) in [4.78, 5) is 17.7. The Bertz CT molecular complexity index is 604. The molecular formula is C21H35N3O4. The summed E-state index contributed by atoms with van der Waals surface area (Å²) >= 11 is 0. The van der Waals surface area contributed by atoms with Gasteiger partial charge in [-0.3, -0.25) is 4.79 Å². The number of ether oxygens (including phenoxy) is 2. The molecule has 0 saturated carbocycles. The second-order valence-corrected chi connectivity index (χ2v) is 8.02. The SMILES string of the molecule is COCCCN(C[C@@H]1CCCN2CCCC[C@H]12)C(=O)CCc1cc(OC)no1. The van der Waals surface area contributed by atoms with Gasteiger partial charge < -0.3 is 23.8 Å². The summed E-state index contributed by atoms with van der Waals surface area (Å²) < 4.78 is 15.5. The summed E-state index contributed by atoms with van der Waals surface area (Å²) in [6.07, 6.45) is 8.27. The molecule has 7 heteroatoms. The zero-order valence-corrected chi connectivity index (χ0v) is 17.4. The number of piperidine rings is 2. The monoisotopic (exact) mass is 393 g/mol. The number of hydrogen-bond donors (Lipinski definition) is 0. The number of aromatic nitrogens is 1. The van der Waals surface area contributed by atoms with E-state index in [-0.39, 0.29) is 5.91 Å². The second-order valence-electron chi connectivity index (χ2n) is 8.02. The summed E-state index contributed by atoms with van der Waals surface area (Å²) in [7, 11) is 3.27. The van der Waals surface area contributed by atoms with E-state index in [1.54, 1.807) is 20.3 Å². The van der Waals surface area contributed by atoms with E-state index in [1.807, 2.05) is 0 Å². The van der Waals surface area contributed by atoms with Crippen LogP contribution in [-0.2, 0) is 16.0 Å². The van der Waals surface area contributed by atoms with Crippen LogP contribution in [0.25, 0.3) is 0 Å². The molecule has 0 bridgehead atoms. The molecule has 0 aliphatic carbocycles. The fourth-order valence-corrected chi connectivity index (χ4v) is 4.69. The molecule has 2 aliphatic heterocycles. The fraction of sp³-hybridized carbons (Fsp3) is 0.810. The highest BCUT2D eigenvalue weighted by molar-refractivity contribution is 5.76. The van der Waals surface area contributed by atoms with Crippen molar-refractivity contribution in [2.24, 2.45) is 5.92 Å². The van der Waals surface area contributed by atoms with Crippen LogP contribution in [0.3, 0.4) is 0 Å². The first-order chi connectivity index (χ1) is 13.7. The minimum Gasteiger partial charge on any atom is -0.479 e. The van der Waals surface area contributed by atoms with E-state index in [0.717, 1.165) is 19.5 Å². The van der Waals surface area contributed by atoms with Crippen LogP contribution >= 0.6 is 0 Å². The number of methoxy groups -OCH3 is 2. The van der Waals surface area contributed by atoms with Gasteiger partial charge in [-0.1, -0.05) is 6.42 Å². The first-order valence-electron chi connectivity index (χ1n) is 10.7. The molecule has 0 radical (unpaired) electrons. The van der Waals surface area contributed by atoms with Gasteiger partial charge in [0.25, 0.3) is 5.88 Å². The highest BCUT2D eigenvalue weighted by Crippen LogP contribution is 2.31. The Morgan fingerprint density at radius 2 is 2.14 bits per heavy atom. The molecule has 2 saturated heterocycles. The number of carbonyl (C=O) groups excluding carboxylic acids is 1. The number of nitrogens with zero attached hydrogens (tertiary/aromatic N) is 3. The van der Waals surface area contributed by atoms with E-state index >= 15 is 0 Å². The highest BCUT2D eigenvalue weighted by Gasteiger charge is 2.34. The van der Waals surface area contributed by atoms with Crippen LogP contribution in [0.1, 0.15) is 50.7 Å². The first kappa shape index (κ1) is 21.1. The molecule has 2 atom stereocenters. The molecule has 0 spiro atoms. The van der Waals surface area contributed by atoms with Gasteiger partial charge in [-0.15, -0.1) is 0 Å². The Morgan fingerprint density at radius 1 is 1.29 bits per heavy atom. The maximum atomic E-state index is 13.0. The summed E-state index contributed by atoms with van der Waals surface area (Å²) in [5.74, 6) is 1.93. The first-order valence-corrected chi connectivity index (χ1v) is 10.7. The van der Waals surface area contributed by atoms with Gasteiger partial charge in [0.15, 0.2) is 0 Å². The summed E-state index contributed by atoms with van der Waals surface area (Å²) in [5.41, 5.74) is 0. The molecule has 0 N–H and O–H groups in total. The molecule has 7 nitrogen and oxygen atoms in total. The lowest BCUT2D eigenvalue weighted by Crippen LogP contribution is -2.51. The van der Waals surface area contributed by atoms with Crippen molar-refractivity contribution in [1.29, 1.82) is 0 Å². The van der Waals surface area contributed by atoms with Crippen LogP contribution in [0.2, 0.25) is 0 Å². The highest BCUT2D eigenvalue weighted by atomic mass is 16.5. The third kappa shape index (κ3) is 5.70. The van der Waals surface area contributed by atoms with Gasteiger partial charge in [0.1, 0.15) is 5.76 Å². The van der Waals surface area contributed by atoms with Gasteiger partial charge in [-0.25, -0.2) is 0 Å². The van der Waals surface area contributed by atoms with Crippen LogP contribution in [0.5, 0.6) is 5.88 Å². The van der Waals surface area contributed by atoms with E-state index in [4.69, 9.17) is 14.0 Å². The third-order valence-electron chi connectivity index (χ3n) is 6.14. The zero-order valence-electron chi connectivity index (χ0n) is 17.4. The van der Waals surface area contributed by atoms with Crippen LogP contribution in [-0.4, -0.2) is 73.9 Å². The fourth-order valence-electron chi connectivity index (χ4n) is 4.69. The normalized spacial score (nSPS) is 22.6. The molecule has 0 aromatic carbocycles. The summed E-state index contributed by atoms with van der Waals surface area (Å²) in [5, 5.41) is 3.81. The zero-order chi connectivity index (χ0) is 19.8. The molecule has 28 heavy (non-hydrogen) atoms. The molecule has 3 rings (SSSR count). The standard InChI is InChI=1S/C21H35N3O4/c1-26-14-6-13-24(21(25)10-9-18-15-20(27-2)22-28-18)16-17-7-5-12-23-11-4-3-8-19(17)23/h15,17,19H,3-14,16H2,1-2H3/t17-,19+/m0/s1. The maximum absolute atomic E-state index is 13.0. The van der Waals surface area contributed by atoms with Gasteiger partial charge in [0, 0.05) is 51.8 Å². The number of fused-ring (bicyclic) bond motifs is 1. The molecule has 1 amide bonds. The molecule has 1 aromatic heterocycles. The van der Waals surface area contributed by atoms with E-state index < -0.39 is 0 Å². The maximum Gasteiger partial charge on any atom is 0.254 e. The average molecular weight is 394 g/mol. The molecule has 2 fully saturated rings. The second kappa shape index (κ2) is 10.8. The quantitative estimate of drug-likeness (QED) is 0.570. The number of carbonyl (C=O) groups is 1. The van der Waals surface area contributed by atoms with Gasteiger partial charge in [-0.05, 0) is 56.3 Å². The number of rotatable bonds is 10. The van der Waals surface area contributed by atoms with Crippen molar-refractivity contribution < 1.29 is 18.8 Å². The minimum absolute atomic E-state index is 0.194. The van der Waals surface area contributed by atoms with Crippen LogP contribution in [0.4, 0.5) is 0 Å². The molecular weight excluding hydrogens is 358 g/mol. The lowest BCUT2D eigenvalue weighted by molar-refractivity contribution is -0.132. The molecule has 3 heterocycles. The Morgan fingerprint density at radius 3 is 2.93 bits per heavy atom. The van der Waals surface area contributed by atoms with E-state index in [2.05, 4.69) is 15.0 Å². The number of amides is 1. The van der Waals surface area contributed by atoms with Gasteiger partial charge >= 0.3 is 0 Å². The Labute approximate surface area is 168 Å². The smallest absolute Gasteiger partial charge is 0.254 e. The minimum atomic E-state index is 0.194. The molecule has 1 aromatic rings. The topological polar surface area (TPSA) is 68.0 Å². The van der Waals surface area contributed by atoms with Crippen molar-refractivity contribution >= 4 is 5.91 Å². The van der Waals surface area contributed by atoms with Crippen molar-refractivity contribution in [3.63, 3.8) is 0 Å². The van der Waals surface area contributed by atoms with Crippen LogP contribution in [0.15, 0.2) is 10.6 Å². The van der Waals surface area contributed by atoms with Crippen molar-refractivity contribution in [1.82, 2.24) is 15.0 Å². The van der Waals surface area contributed by atoms with Crippen LogP contribution < -0.4 is 4.74 Å². The number of hydrogen-bond acceptors (Lipinski definition) is 6. The van der Waals surface area contributed by atoms with Crippen molar-refractivity contribution in [2.75, 3.05) is 47.0 Å². The van der Waals surface area contributed by atoms with Gasteiger partial charge in [-0.2, -0.15) is 0 Å². The van der Waals surface area contributed by atoms with E-state index in [1.165, 1.54) is 45.2 Å². The lowest BCUT2D eigenvalue weighted by atomic mass is 9.83. The molecule has 158 valence electrons. The Hall–Kier alpha value is -1.60. The van der Waals surface area contributed by atoms with Gasteiger partial charge in [0.2, 0.25) is 5.91 Å². The van der Waals surface area contributed by atoms with Crippen molar-refractivity contribution in [3.05, 3.63) is 11.8 Å². The van der Waals surface area contributed by atoms with Crippen molar-refractivity contribution in [2.45, 2.75) is 57.4 Å². The summed E-state index contributed by atoms with van der Waals surface area (Å²) in [6, 6.07) is 2.41. The predicted molar refractivity (Wildman–Crippen MR) is 106 cm³/mol. The molecule has 2 aliphatic rings. The molecule has 0 unspecified atom stereocenters. The van der Waals surface area contributed by atoms with Crippen LogP contribution in [0, 0.1) is 5.92 Å². The van der Waals surface area contributed by atoms with E-state index in [9.17, 15) is 4.79 Å². The van der Waals surface area contributed by atoms with E-state index in [0.29, 0.717) is 43.0 Å². The Balaban J connectivity index is 1.57. The lowest BCUT2D eigenvalue weighted by Gasteiger charge is -2.45. The third-order valence-corrected chi connectivity index (χ3v) is 6.14. The average Bonchev–Trinajstić information content (AvgIpc) is 3.20. The van der Waals surface area contributed by atoms with Gasteiger partial charge in [0.05, 0.1) is 7.11 Å². The predicted octanol–water partition coefficient (Wildman–Crippen LogP) is 2.75.